The van der Waals surface area contributed by atoms with Gasteiger partial charge in [-0.3, -0.25) is 0 Å². The van der Waals surface area contributed by atoms with Crippen LogP contribution in [0.3, 0.4) is 0 Å². The molecule has 138 valence electrons. The minimum absolute atomic E-state index is 0.0791. The predicted octanol–water partition coefficient (Wildman–Crippen LogP) is 4.49. The summed E-state index contributed by atoms with van der Waals surface area (Å²) in [5, 5.41) is 6.15. The molecule has 0 fully saturated rings. The molecule has 2 heterocycles. The van der Waals surface area contributed by atoms with Crippen molar-refractivity contribution in [3.05, 3.63) is 59.5 Å². The molecule has 0 amide bonds. The lowest BCUT2D eigenvalue weighted by Crippen LogP contribution is -2.15. The van der Waals surface area contributed by atoms with Crippen LogP contribution in [0.1, 0.15) is 11.1 Å². The Bertz CT molecular complexity index is 973. The predicted molar refractivity (Wildman–Crippen MR) is 102 cm³/mol. The van der Waals surface area contributed by atoms with Crippen molar-refractivity contribution >= 4 is 23.1 Å². The summed E-state index contributed by atoms with van der Waals surface area (Å²) in [5.74, 6) is 1.14. The Labute approximate surface area is 156 Å². The molecule has 7 heteroatoms. The molecule has 0 unspecified atom stereocenters. The quantitative estimate of drug-likeness (QED) is 0.709. The summed E-state index contributed by atoms with van der Waals surface area (Å²) in [4.78, 5) is 8.32. The third-order valence-corrected chi connectivity index (χ3v) is 4.27. The maximum absolute atomic E-state index is 14.2. The van der Waals surface area contributed by atoms with Gasteiger partial charge >= 0.3 is 0 Å². The minimum Gasteiger partial charge on any atom is -0.486 e. The van der Waals surface area contributed by atoms with Crippen LogP contribution in [0.15, 0.2) is 42.6 Å². The van der Waals surface area contributed by atoms with Crippen LogP contribution < -0.4 is 20.1 Å². The van der Waals surface area contributed by atoms with Crippen LogP contribution in [0.5, 0.6) is 11.5 Å². The van der Waals surface area contributed by atoms with Crippen LogP contribution in [0.2, 0.25) is 0 Å². The molecule has 6 nitrogen and oxygen atoms in total. The van der Waals surface area contributed by atoms with E-state index in [2.05, 4.69) is 20.6 Å². The van der Waals surface area contributed by atoms with E-state index < -0.39 is 5.82 Å². The number of nitrogens with zero attached hydrogens (tertiary/aromatic N) is 2. The zero-order chi connectivity index (χ0) is 18.8. The van der Waals surface area contributed by atoms with Gasteiger partial charge in [0.2, 0.25) is 5.95 Å². The first-order valence-corrected chi connectivity index (χ1v) is 8.62. The van der Waals surface area contributed by atoms with Crippen molar-refractivity contribution < 1.29 is 13.9 Å². The van der Waals surface area contributed by atoms with Crippen LogP contribution in [0, 0.1) is 19.7 Å². The first-order chi connectivity index (χ1) is 13.1. The summed E-state index contributed by atoms with van der Waals surface area (Å²) < 4.78 is 25.3. The molecule has 0 saturated heterocycles. The third-order valence-electron chi connectivity index (χ3n) is 4.27. The van der Waals surface area contributed by atoms with Crippen molar-refractivity contribution in [1.29, 1.82) is 0 Å². The van der Waals surface area contributed by atoms with Gasteiger partial charge in [-0.25, -0.2) is 9.37 Å². The highest BCUT2D eigenvalue weighted by Gasteiger charge is 2.14. The van der Waals surface area contributed by atoms with Gasteiger partial charge in [0.05, 0.1) is 6.20 Å². The molecule has 0 aliphatic carbocycles. The van der Waals surface area contributed by atoms with Gasteiger partial charge < -0.3 is 20.1 Å². The van der Waals surface area contributed by atoms with Crippen LogP contribution in [-0.2, 0) is 0 Å². The standard InChI is InChI=1S/C20H19FN4O2/c1-12-4-3-5-13(2)18(12)24-20-22-11-15(21)19(25-20)23-14-6-7-16-17(10-14)27-9-8-26-16/h3-7,10-11H,8-9H2,1-2H3,(H2,22,23,24,25). The maximum atomic E-state index is 14.2. The largest absolute Gasteiger partial charge is 0.486 e. The van der Waals surface area contributed by atoms with E-state index in [-0.39, 0.29) is 5.82 Å². The summed E-state index contributed by atoms with van der Waals surface area (Å²) in [6.07, 6.45) is 1.14. The number of halogens is 1. The molecule has 0 radical (unpaired) electrons. The monoisotopic (exact) mass is 366 g/mol. The number of aryl methyl sites for hydroxylation is 2. The zero-order valence-electron chi connectivity index (χ0n) is 15.0. The molecule has 3 aromatic rings. The highest BCUT2D eigenvalue weighted by molar-refractivity contribution is 5.65. The molecule has 1 aliphatic heterocycles. The average Bonchev–Trinajstić information content (AvgIpc) is 2.67. The Balaban J connectivity index is 1.59. The van der Waals surface area contributed by atoms with E-state index in [1.807, 2.05) is 32.0 Å². The van der Waals surface area contributed by atoms with Gasteiger partial charge in [0.15, 0.2) is 23.1 Å². The Kier molecular flexibility index (Phi) is 4.50. The second kappa shape index (κ2) is 7.11. The number of fused-ring (bicyclic) bond motifs is 1. The summed E-state index contributed by atoms with van der Waals surface area (Å²) >= 11 is 0. The minimum atomic E-state index is -0.544. The molecule has 0 bridgehead atoms. The molecule has 1 aromatic heterocycles. The van der Waals surface area contributed by atoms with E-state index in [0.717, 1.165) is 23.0 Å². The number of rotatable bonds is 4. The number of para-hydroxylation sites is 1. The number of hydrogen-bond acceptors (Lipinski definition) is 6. The molecule has 4 rings (SSSR count). The molecule has 0 spiro atoms. The van der Waals surface area contributed by atoms with Gasteiger partial charge in [0.1, 0.15) is 13.2 Å². The maximum Gasteiger partial charge on any atom is 0.229 e. The Morgan fingerprint density at radius 2 is 1.70 bits per heavy atom. The Morgan fingerprint density at radius 1 is 0.963 bits per heavy atom. The van der Waals surface area contributed by atoms with E-state index in [1.165, 1.54) is 0 Å². The van der Waals surface area contributed by atoms with Crippen molar-refractivity contribution in [3.8, 4) is 11.5 Å². The summed E-state index contributed by atoms with van der Waals surface area (Å²) in [6, 6.07) is 11.3. The normalized spacial score (nSPS) is 12.6. The van der Waals surface area contributed by atoms with Crippen LogP contribution in [-0.4, -0.2) is 23.2 Å². The van der Waals surface area contributed by atoms with Crippen molar-refractivity contribution in [2.75, 3.05) is 23.8 Å². The average molecular weight is 366 g/mol. The topological polar surface area (TPSA) is 68.3 Å². The highest BCUT2D eigenvalue weighted by Crippen LogP contribution is 2.34. The molecule has 1 aliphatic rings. The fraction of sp³-hybridized carbons (Fsp3) is 0.200. The molecule has 0 atom stereocenters. The van der Waals surface area contributed by atoms with Crippen molar-refractivity contribution in [2.45, 2.75) is 13.8 Å². The van der Waals surface area contributed by atoms with Crippen LogP contribution >= 0.6 is 0 Å². The van der Waals surface area contributed by atoms with E-state index >= 15 is 0 Å². The van der Waals surface area contributed by atoms with Gasteiger partial charge in [0.25, 0.3) is 0 Å². The lowest BCUT2D eigenvalue weighted by Gasteiger charge is -2.19. The second-order valence-corrected chi connectivity index (χ2v) is 6.27. The fourth-order valence-electron chi connectivity index (χ4n) is 2.90. The number of anilines is 4. The molecular weight excluding hydrogens is 347 g/mol. The molecule has 2 aromatic carbocycles. The van der Waals surface area contributed by atoms with Crippen molar-refractivity contribution in [3.63, 3.8) is 0 Å². The first-order valence-electron chi connectivity index (χ1n) is 8.62. The van der Waals surface area contributed by atoms with Crippen molar-refractivity contribution in [1.82, 2.24) is 9.97 Å². The summed E-state index contributed by atoms with van der Waals surface area (Å²) in [7, 11) is 0. The SMILES string of the molecule is Cc1cccc(C)c1Nc1ncc(F)c(Nc2ccc3c(c2)OCCO3)n1. The van der Waals surface area contributed by atoms with Gasteiger partial charge in [0, 0.05) is 17.4 Å². The van der Waals surface area contributed by atoms with Crippen LogP contribution in [0.25, 0.3) is 0 Å². The van der Waals surface area contributed by atoms with E-state index in [1.54, 1.807) is 18.2 Å². The van der Waals surface area contributed by atoms with Crippen molar-refractivity contribution in [2.24, 2.45) is 0 Å². The molecule has 27 heavy (non-hydrogen) atoms. The van der Waals surface area contributed by atoms with Gasteiger partial charge in [-0.05, 0) is 37.1 Å². The third kappa shape index (κ3) is 3.62. The van der Waals surface area contributed by atoms with Gasteiger partial charge in [-0.2, -0.15) is 4.98 Å². The van der Waals surface area contributed by atoms with E-state index in [4.69, 9.17) is 9.47 Å². The van der Waals surface area contributed by atoms with Gasteiger partial charge in [-0.1, -0.05) is 18.2 Å². The van der Waals surface area contributed by atoms with E-state index in [9.17, 15) is 4.39 Å². The lowest BCUT2D eigenvalue weighted by atomic mass is 10.1. The Morgan fingerprint density at radius 3 is 2.48 bits per heavy atom. The number of ether oxygens (including phenoxy) is 2. The zero-order valence-corrected chi connectivity index (χ0v) is 15.0. The smallest absolute Gasteiger partial charge is 0.229 e. The highest BCUT2D eigenvalue weighted by atomic mass is 19.1. The Hall–Kier alpha value is -3.35. The summed E-state index contributed by atoms with van der Waals surface area (Å²) in [5.41, 5.74) is 3.68. The second-order valence-electron chi connectivity index (χ2n) is 6.27. The lowest BCUT2D eigenvalue weighted by molar-refractivity contribution is 0.171. The molecular formula is C20H19FN4O2. The number of hydrogen-bond donors (Lipinski definition) is 2. The number of nitrogens with one attached hydrogen (secondary N) is 2. The summed E-state index contributed by atoms with van der Waals surface area (Å²) in [6.45, 7) is 5.00. The first kappa shape index (κ1) is 17.1. The fourth-order valence-corrected chi connectivity index (χ4v) is 2.90. The number of aromatic nitrogens is 2. The number of benzene rings is 2. The van der Waals surface area contributed by atoms with Gasteiger partial charge in [-0.15, -0.1) is 0 Å². The molecule has 2 N–H and O–H groups in total. The molecule has 0 saturated carbocycles. The van der Waals surface area contributed by atoms with E-state index in [0.29, 0.717) is 36.3 Å². The van der Waals surface area contributed by atoms with Crippen LogP contribution in [0.4, 0.5) is 27.5 Å².